The maximum Gasteiger partial charge on any atom is 0.343 e. The Morgan fingerprint density at radius 2 is 2.32 bits per heavy atom. The molecule has 22 heavy (non-hydrogen) atoms. The highest BCUT2D eigenvalue weighted by Crippen LogP contribution is 2.40. The van der Waals surface area contributed by atoms with Crippen LogP contribution >= 0.6 is 0 Å². The highest BCUT2D eigenvalue weighted by molar-refractivity contribution is 5.95. The van der Waals surface area contributed by atoms with E-state index >= 15 is 0 Å². The summed E-state index contributed by atoms with van der Waals surface area (Å²) in [6.07, 6.45) is 2.10. The van der Waals surface area contributed by atoms with E-state index in [1.807, 2.05) is 0 Å². The van der Waals surface area contributed by atoms with E-state index in [-0.39, 0.29) is 11.6 Å². The van der Waals surface area contributed by atoms with Gasteiger partial charge in [0.2, 0.25) is 11.2 Å². The Labute approximate surface area is 130 Å². The Morgan fingerprint density at radius 3 is 2.95 bits per heavy atom. The highest BCUT2D eigenvalue weighted by atomic mass is 19.2. The molecule has 1 aromatic carbocycles. The predicted octanol–water partition coefficient (Wildman–Crippen LogP) is 2.50. The van der Waals surface area contributed by atoms with Gasteiger partial charge in [-0.05, 0) is 25.8 Å². The number of carbonyl (C=O) groups excluding carboxylic acids is 1. The number of ether oxygens (including phenoxy) is 1. The van der Waals surface area contributed by atoms with Crippen molar-refractivity contribution in [2.24, 2.45) is 0 Å². The maximum atomic E-state index is 13.7. The molecule has 0 radical (unpaired) electrons. The molecule has 5 nitrogen and oxygen atoms in total. The molecule has 1 aromatic heterocycles. The standard InChI is InChI=1S/C15H13F2NO4/c1-2-22-15(21)9-6-18(7-3-4-7)12-8(13(9)19)5-10(16)11(17)14(12)20/h5-7,20H,2-4H2,1H3/i1D3,2D2. The quantitative estimate of drug-likeness (QED) is 0.884. The zero-order chi connectivity index (χ0) is 20.3. The van der Waals surface area contributed by atoms with Crippen molar-refractivity contribution in [3.05, 3.63) is 39.7 Å². The lowest BCUT2D eigenvalue weighted by atomic mass is 10.1. The van der Waals surface area contributed by atoms with Crippen molar-refractivity contribution in [2.75, 3.05) is 6.56 Å². The van der Waals surface area contributed by atoms with Crippen LogP contribution in [0.15, 0.2) is 17.1 Å². The van der Waals surface area contributed by atoms with Gasteiger partial charge in [-0.1, -0.05) is 0 Å². The summed E-state index contributed by atoms with van der Waals surface area (Å²) in [6.45, 7) is -6.67. The van der Waals surface area contributed by atoms with E-state index in [2.05, 4.69) is 4.74 Å². The number of nitrogens with zero attached hydrogens (tertiary/aromatic N) is 1. The Hall–Kier alpha value is -2.44. The van der Waals surface area contributed by atoms with Crippen molar-refractivity contribution in [3.8, 4) is 5.75 Å². The molecule has 3 rings (SSSR count). The first-order chi connectivity index (χ1) is 12.3. The van der Waals surface area contributed by atoms with Crippen LogP contribution in [0.4, 0.5) is 8.78 Å². The van der Waals surface area contributed by atoms with Crippen LogP contribution < -0.4 is 5.43 Å². The molecule has 7 heteroatoms. The van der Waals surface area contributed by atoms with Crippen molar-refractivity contribution >= 4 is 16.9 Å². The fourth-order valence-electron chi connectivity index (χ4n) is 2.33. The van der Waals surface area contributed by atoms with Gasteiger partial charge < -0.3 is 14.4 Å². The number of halogens is 2. The highest BCUT2D eigenvalue weighted by Gasteiger charge is 2.30. The summed E-state index contributed by atoms with van der Waals surface area (Å²) in [5.41, 5.74) is -2.22. The second kappa shape index (κ2) is 5.08. The van der Waals surface area contributed by atoms with Gasteiger partial charge in [0.15, 0.2) is 11.6 Å². The van der Waals surface area contributed by atoms with E-state index in [1.165, 1.54) is 4.57 Å². The van der Waals surface area contributed by atoms with Gasteiger partial charge in [-0.2, -0.15) is 4.39 Å². The van der Waals surface area contributed by atoms with Crippen LogP contribution in [-0.2, 0) is 4.74 Å². The van der Waals surface area contributed by atoms with Crippen LogP contribution in [0.1, 0.15) is 42.9 Å². The average molecular weight is 314 g/mol. The normalized spacial score (nSPS) is 18.9. The second-order valence-corrected chi connectivity index (χ2v) is 4.92. The van der Waals surface area contributed by atoms with E-state index < -0.39 is 53.1 Å². The molecule has 1 fully saturated rings. The fourth-order valence-corrected chi connectivity index (χ4v) is 2.33. The first kappa shape index (κ1) is 9.55. The molecule has 1 aliphatic carbocycles. The predicted molar refractivity (Wildman–Crippen MR) is 74.0 cm³/mol. The van der Waals surface area contributed by atoms with E-state index in [4.69, 9.17) is 6.85 Å². The molecule has 1 aliphatic rings. The smallest absolute Gasteiger partial charge is 0.343 e. The molecule has 0 saturated heterocycles. The summed E-state index contributed by atoms with van der Waals surface area (Å²) < 4.78 is 68.8. The lowest BCUT2D eigenvalue weighted by molar-refractivity contribution is 0.0524. The van der Waals surface area contributed by atoms with Gasteiger partial charge in [0.25, 0.3) is 0 Å². The minimum atomic E-state index is -3.37. The third kappa shape index (κ3) is 2.13. The van der Waals surface area contributed by atoms with Crippen LogP contribution in [0.3, 0.4) is 0 Å². The van der Waals surface area contributed by atoms with Gasteiger partial charge in [0.05, 0.1) is 20.2 Å². The van der Waals surface area contributed by atoms with E-state index in [0.717, 1.165) is 6.20 Å². The topological polar surface area (TPSA) is 68.5 Å². The molecule has 0 bridgehead atoms. The number of carbonyl (C=O) groups is 1. The summed E-state index contributed by atoms with van der Waals surface area (Å²) in [5, 5.41) is 9.41. The van der Waals surface area contributed by atoms with Crippen LogP contribution in [0.5, 0.6) is 5.75 Å². The molecule has 0 amide bonds. The number of rotatable bonds is 3. The Morgan fingerprint density at radius 1 is 1.59 bits per heavy atom. The van der Waals surface area contributed by atoms with Crippen molar-refractivity contribution in [1.82, 2.24) is 4.57 Å². The zero-order valence-corrected chi connectivity index (χ0v) is 11.0. The van der Waals surface area contributed by atoms with E-state index in [0.29, 0.717) is 18.9 Å². The van der Waals surface area contributed by atoms with Crippen LogP contribution in [0.2, 0.25) is 0 Å². The first-order valence-corrected chi connectivity index (χ1v) is 6.34. The number of hydrogen-bond donors (Lipinski definition) is 1. The molecule has 1 N–H and O–H groups in total. The zero-order valence-electron chi connectivity index (χ0n) is 16.0. The summed E-state index contributed by atoms with van der Waals surface area (Å²) in [7, 11) is 0. The number of pyridine rings is 1. The SMILES string of the molecule is [2H]C([2H])([2H])C([2H])([2H])OC(=O)c1cn(C2CC2)c2c(O)c(F)c(F)cc2c1=O. The average Bonchev–Trinajstić information content (AvgIpc) is 3.36. The summed E-state index contributed by atoms with van der Waals surface area (Å²) in [6, 6.07) is 0.218. The number of aromatic nitrogens is 1. The van der Waals surface area contributed by atoms with Crippen molar-refractivity contribution in [3.63, 3.8) is 0 Å². The van der Waals surface area contributed by atoms with Gasteiger partial charge >= 0.3 is 5.97 Å². The molecule has 0 atom stereocenters. The number of esters is 1. The third-order valence-electron chi connectivity index (χ3n) is 3.49. The molecule has 0 spiro atoms. The molecule has 1 saturated carbocycles. The molecular formula is C15H13F2NO4. The Kier molecular flexibility index (Phi) is 2.21. The van der Waals surface area contributed by atoms with Crippen LogP contribution in [-0.4, -0.2) is 22.2 Å². The van der Waals surface area contributed by atoms with E-state index in [9.17, 15) is 23.5 Å². The van der Waals surface area contributed by atoms with Crippen molar-refractivity contribution in [1.29, 1.82) is 0 Å². The number of phenolic OH excluding ortho intramolecular Hbond substituents is 1. The lowest BCUT2D eigenvalue weighted by Crippen LogP contribution is -2.21. The lowest BCUT2D eigenvalue weighted by Gasteiger charge is -2.14. The number of aromatic hydroxyl groups is 1. The Balaban J connectivity index is 2.21. The van der Waals surface area contributed by atoms with Gasteiger partial charge in [-0.3, -0.25) is 4.79 Å². The maximum absolute atomic E-state index is 13.7. The van der Waals surface area contributed by atoms with Gasteiger partial charge in [0, 0.05) is 16.4 Å². The number of fused-ring (bicyclic) bond motifs is 1. The molecule has 1 heterocycles. The van der Waals surface area contributed by atoms with Gasteiger partial charge in [-0.25, -0.2) is 9.18 Å². The van der Waals surface area contributed by atoms with E-state index in [1.54, 1.807) is 0 Å². The molecule has 0 unspecified atom stereocenters. The van der Waals surface area contributed by atoms with Gasteiger partial charge in [-0.15, -0.1) is 0 Å². The molecule has 0 aliphatic heterocycles. The number of benzene rings is 1. The molecular weight excluding hydrogens is 296 g/mol. The summed E-state index contributed by atoms with van der Waals surface area (Å²) in [4.78, 5) is 24.8. The Bertz CT molecular complexity index is 1010. The first-order valence-electron chi connectivity index (χ1n) is 8.84. The van der Waals surface area contributed by atoms with Crippen molar-refractivity contribution in [2.45, 2.75) is 25.7 Å². The minimum absolute atomic E-state index is 0.296. The summed E-state index contributed by atoms with van der Waals surface area (Å²) >= 11 is 0. The van der Waals surface area contributed by atoms with Crippen molar-refractivity contribution < 1.29 is 30.3 Å². The number of hydrogen-bond acceptors (Lipinski definition) is 4. The largest absolute Gasteiger partial charge is 0.503 e. The van der Waals surface area contributed by atoms with Crippen LogP contribution in [0, 0.1) is 11.6 Å². The monoisotopic (exact) mass is 314 g/mol. The van der Waals surface area contributed by atoms with Crippen LogP contribution in [0.25, 0.3) is 10.9 Å². The third-order valence-corrected chi connectivity index (χ3v) is 3.49. The number of phenols is 1. The molecule has 2 aromatic rings. The fraction of sp³-hybridized carbons (Fsp3) is 0.333. The summed E-state index contributed by atoms with van der Waals surface area (Å²) in [5.74, 6) is -5.72. The van der Waals surface area contributed by atoms with Gasteiger partial charge in [0.1, 0.15) is 5.56 Å². The minimum Gasteiger partial charge on any atom is -0.503 e. The second-order valence-electron chi connectivity index (χ2n) is 4.92. The molecule has 116 valence electrons.